The zero-order valence-corrected chi connectivity index (χ0v) is 10.1. The number of aromatic nitrogens is 2. The van der Waals surface area contributed by atoms with Gasteiger partial charge in [-0.3, -0.25) is 0 Å². The summed E-state index contributed by atoms with van der Waals surface area (Å²) in [5.41, 5.74) is 0. The van der Waals surface area contributed by atoms with Gasteiger partial charge in [-0.1, -0.05) is 6.92 Å². The van der Waals surface area contributed by atoms with Gasteiger partial charge >= 0.3 is 5.97 Å². The first-order valence-corrected chi connectivity index (χ1v) is 5.75. The van der Waals surface area contributed by atoms with Crippen LogP contribution < -0.4 is 5.32 Å². The van der Waals surface area contributed by atoms with E-state index in [1.807, 2.05) is 6.92 Å². The Labute approximate surface area is 97.8 Å². The van der Waals surface area contributed by atoms with Gasteiger partial charge in [0.2, 0.25) is 5.13 Å². The van der Waals surface area contributed by atoms with Gasteiger partial charge in [0, 0.05) is 25.1 Å². The van der Waals surface area contributed by atoms with E-state index in [4.69, 9.17) is 9.84 Å². The fourth-order valence-corrected chi connectivity index (χ4v) is 1.79. The van der Waals surface area contributed by atoms with Crippen molar-refractivity contribution in [3.8, 4) is 0 Å². The number of nitrogens with zero attached hydrogens (tertiary/aromatic N) is 2. The number of hydrogen-bond acceptors (Lipinski definition) is 6. The van der Waals surface area contributed by atoms with E-state index in [1.165, 1.54) is 18.6 Å². The maximum Gasteiger partial charge on any atom is 0.328 e. The molecule has 0 saturated carbocycles. The first kappa shape index (κ1) is 12.9. The maximum atomic E-state index is 10.8. The van der Waals surface area contributed by atoms with E-state index in [0.717, 1.165) is 18.7 Å². The van der Waals surface area contributed by atoms with Crippen molar-refractivity contribution in [2.24, 2.45) is 0 Å². The van der Waals surface area contributed by atoms with Crippen LogP contribution in [0.25, 0.3) is 0 Å². The Morgan fingerprint density at radius 1 is 1.69 bits per heavy atom. The highest BCUT2D eigenvalue weighted by molar-refractivity contribution is 7.09. The minimum absolute atomic E-state index is 0.0953. The Morgan fingerprint density at radius 2 is 2.44 bits per heavy atom. The molecule has 1 atom stereocenters. The lowest BCUT2D eigenvalue weighted by molar-refractivity contribution is -0.139. The van der Waals surface area contributed by atoms with Gasteiger partial charge in [0.05, 0.1) is 6.61 Å². The van der Waals surface area contributed by atoms with Crippen LogP contribution in [0.15, 0.2) is 0 Å². The van der Waals surface area contributed by atoms with Crippen molar-refractivity contribution in [3.05, 3.63) is 5.82 Å². The summed E-state index contributed by atoms with van der Waals surface area (Å²) in [6.07, 6.45) is 1.77. The number of nitrogens with one attached hydrogen (secondary N) is 1. The zero-order valence-electron chi connectivity index (χ0n) is 9.27. The van der Waals surface area contributed by atoms with Gasteiger partial charge in [0.1, 0.15) is 11.9 Å². The van der Waals surface area contributed by atoms with Crippen molar-refractivity contribution in [3.63, 3.8) is 0 Å². The highest BCUT2D eigenvalue weighted by Gasteiger charge is 2.18. The smallest absolute Gasteiger partial charge is 0.328 e. The lowest BCUT2D eigenvalue weighted by Gasteiger charge is -2.11. The minimum atomic E-state index is -0.964. The van der Waals surface area contributed by atoms with Gasteiger partial charge in [-0.2, -0.15) is 4.37 Å². The van der Waals surface area contributed by atoms with Gasteiger partial charge < -0.3 is 15.2 Å². The van der Waals surface area contributed by atoms with Crippen molar-refractivity contribution in [2.75, 3.05) is 19.0 Å². The largest absolute Gasteiger partial charge is 0.480 e. The summed E-state index contributed by atoms with van der Waals surface area (Å²) >= 11 is 1.17. The Hall–Kier alpha value is -1.21. The highest BCUT2D eigenvalue weighted by atomic mass is 32.1. The second kappa shape index (κ2) is 6.39. The van der Waals surface area contributed by atoms with Crippen LogP contribution in [-0.4, -0.2) is 40.2 Å². The first-order valence-electron chi connectivity index (χ1n) is 4.98. The molecule has 1 aromatic rings. The highest BCUT2D eigenvalue weighted by Crippen LogP contribution is 2.13. The lowest BCUT2D eigenvalue weighted by Crippen LogP contribution is -2.33. The molecule has 0 spiro atoms. The molecule has 0 fully saturated rings. The summed E-state index contributed by atoms with van der Waals surface area (Å²) in [6.45, 7) is 2.14. The number of hydrogen-bond donors (Lipinski definition) is 2. The Bertz CT molecular complexity index is 342. The van der Waals surface area contributed by atoms with Crippen LogP contribution >= 0.6 is 11.5 Å². The van der Waals surface area contributed by atoms with E-state index in [0.29, 0.717) is 5.13 Å². The topological polar surface area (TPSA) is 84.3 Å². The SMILES string of the molecule is CCCc1nsc(NC(COC)C(=O)O)n1. The number of aliphatic carboxylic acids is 1. The summed E-state index contributed by atoms with van der Waals surface area (Å²) in [5, 5.41) is 12.2. The molecule has 7 heteroatoms. The maximum absolute atomic E-state index is 10.8. The minimum Gasteiger partial charge on any atom is -0.480 e. The fourth-order valence-electron chi connectivity index (χ4n) is 1.13. The van der Waals surface area contributed by atoms with Crippen molar-refractivity contribution in [1.82, 2.24) is 9.36 Å². The van der Waals surface area contributed by atoms with Gasteiger partial charge in [-0.25, -0.2) is 9.78 Å². The summed E-state index contributed by atoms with van der Waals surface area (Å²) < 4.78 is 8.92. The monoisotopic (exact) mass is 245 g/mol. The van der Waals surface area contributed by atoms with Crippen molar-refractivity contribution in [2.45, 2.75) is 25.8 Å². The van der Waals surface area contributed by atoms with E-state index in [-0.39, 0.29) is 6.61 Å². The molecule has 90 valence electrons. The van der Waals surface area contributed by atoms with Crippen molar-refractivity contribution < 1.29 is 14.6 Å². The molecular formula is C9H15N3O3S. The normalized spacial score (nSPS) is 12.4. The molecule has 16 heavy (non-hydrogen) atoms. The van der Waals surface area contributed by atoms with Crippen LogP contribution in [0.2, 0.25) is 0 Å². The van der Waals surface area contributed by atoms with E-state index >= 15 is 0 Å². The van der Waals surface area contributed by atoms with Gasteiger partial charge in [0.15, 0.2) is 0 Å². The molecule has 0 bridgehead atoms. The summed E-state index contributed by atoms with van der Waals surface area (Å²) in [4.78, 5) is 15.0. The van der Waals surface area contributed by atoms with Crippen LogP contribution in [0.5, 0.6) is 0 Å². The van der Waals surface area contributed by atoms with E-state index in [2.05, 4.69) is 14.7 Å². The molecule has 1 aromatic heterocycles. The Kier molecular flexibility index (Phi) is 5.13. The molecule has 1 heterocycles. The number of aryl methyl sites for hydroxylation is 1. The van der Waals surface area contributed by atoms with Gasteiger partial charge in [-0.15, -0.1) is 0 Å². The number of carbonyl (C=O) groups is 1. The molecule has 6 nitrogen and oxygen atoms in total. The van der Waals surface area contributed by atoms with Gasteiger partial charge in [0.25, 0.3) is 0 Å². The van der Waals surface area contributed by atoms with Crippen LogP contribution in [0.4, 0.5) is 5.13 Å². The Balaban J connectivity index is 2.58. The summed E-state index contributed by atoms with van der Waals surface area (Å²) in [7, 11) is 1.46. The molecule has 0 aliphatic rings. The zero-order chi connectivity index (χ0) is 12.0. The van der Waals surface area contributed by atoms with E-state index in [9.17, 15) is 4.79 Å². The quantitative estimate of drug-likeness (QED) is 0.745. The van der Waals surface area contributed by atoms with Gasteiger partial charge in [-0.05, 0) is 6.42 Å². The number of rotatable bonds is 7. The number of carboxylic acid groups (broad SMARTS) is 1. The second-order valence-electron chi connectivity index (χ2n) is 3.26. The molecule has 2 N–H and O–H groups in total. The molecule has 0 saturated heterocycles. The third-order valence-corrected chi connectivity index (χ3v) is 2.55. The van der Waals surface area contributed by atoms with E-state index in [1.54, 1.807) is 0 Å². The van der Waals surface area contributed by atoms with Crippen LogP contribution in [0, 0.1) is 0 Å². The summed E-state index contributed by atoms with van der Waals surface area (Å²) in [5.74, 6) is -0.217. The number of carboxylic acids is 1. The molecular weight excluding hydrogens is 230 g/mol. The molecule has 0 aliphatic heterocycles. The predicted molar refractivity (Wildman–Crippen MR) is 60.8 cm³/mol. The molecule has 1 unspecified atom stereocenters. The molecule has 0 radical (unpaired) electrons. The third-order valence-electron chi connectivity index (χ3n) is 1.87. The predicted octanol–water partition coefficient (Wildman–Crippen LogP) is 1.00. The molecule has 0 amide bonds. The fraction of sp³-hybridized carbons (Fsp3) is 0.667. The van der Waals surface area contributed by atoms with E-state index < -0.39 is 12.0 Å². The molecule has 1 rings (SSSR count). The number of ether oxygens (including phenoxy) is 1. The van der Waals surface area contributed by atoms with Crippen molar-refractivity contribution in [1.29, 1.82) is 0 Å². The standard InChI is InChI=1S/C9H15N3O3S/c1-3-4-7-11-9(16-12-7)10-6(5-15-2)8(13)14/h6H,3-5H2,1-2H3,(H,13,14)(H,10,11,12). The summed E-state index contributed by atoms with van der Waals surface area (Å²) in [6, 6.07) is -0.785. The molecule has 0 aliphatic carbocycles. The molecule has 0 aromatic carbocycles. The number of methoxy groups -OCH3 is 1. The average Bonchev–Trinajstić information content (AvgIpc) is 2.65. The van der Waals surface area contributed by atoms with Crippen LogP contribution in [-0.2, 0) is 16.0 Å². The van der Waals surface area contributed by atoms with Crippen LogP contribution in [0.1, 0.15) is 19.2 Å². The van der Waals surface area contributed by atoms with Crippen molar-refractivity contribution >= 4 is 22.6 Å². The Morgan fingerprint density at radius 3 is 3.00 bits per heavy atom. The second-order valence-corrected chi connectivity index (χ2v) is 4.01. The number of anilines is 1. The lowest BCUT2D eigenvalue weighted by atomic mass is 10.3. The third kappa shape index (κ3) is 3.74. The van der Waals surface area contributed by atoms with Crippen LogP contribution in [0.3, 0.4) is 0 Å². The first-order chi connectivity index (χ1) is 7.67. The average molecular weight is 245 g/mol.